The van der Waals surface area contributed by atoms with E-state index in [4.69, 9.17) is 4.74 Å². The lowest BCUT2D eigenvalue weighted by molar-refractivity contribution is -0.136. The predicted molar refractivity (Wildman–Crippen MR) is 73.2 cm³/mol. The van der Waals surface area contributed by atoms with Gasteiger partial charge in [-0.15, -0.1) is 0 Å². The summed E-state index contributed by atoms with van der Waals surface area (Å²) >= 11 is 0. The molecule has 0 bridgehead atoms. The topological polar surface area (TPSA) is 29.5 Å². The second-order valence-corrected chi connectivity index (χ2v) is 4.03. The zero-order valence-electron chi connectivity index (χ0n) is 11.3. The van der Waals surface area contributed by atoms with Crippen molar-refractivity contribution in [1.29, 1.82) is 0 Å². The van der Waals surface area contributed by atoms with Gasteiger partial charge in [0, 0.05) is 25.7 Å². The Bertz CT molecular complexity index is 394. The number of methoxy groups -OCH3 is 1. The van der Waals surface area contributed by atoms with Crippen molar-refractivity contribution in [2.75, 3.05) is 20.2 Å². The maximum absolute atomic E-state index is 11.8. The van der Waals surface area contributed by atoms with E-state index in [-0.39, 0.29) is 5.97 Å². The first-order valence-corrected chi connectivity index (χ1v) is 6.28. The maximum atomic E-state index is 11.8. The van der Waals surface area contributed by atoms with Crippen LogP contribution in [-0.4, -0.2) is 31.1 Å². The molecule has 18 heavy (non-hydrogen) atoms. The van der Waals surface area contributed by atoms with Crippen LogP contribution in [0.5, 0.6) is 0 Å². The highest BCUT2D eigenvalue weighted by molar-refractivity contribution is 5.88. The Hall–Kier alpha value is -1.77. The lowest BCUT2D eigenvalue weighted by Crippen LogP contribution is -2.19. The molecule has 0 radical (unpaired) electrons. The first-order valence-electron chi connectivity index (χ1n) is 6.28. The molecule has 3 heteroatoms. The van der Waals surface area contributed by atoms with Crippen LogP contribution in [0.2, 0.25) is 0 Å². The molecule has 0 aliphatic carbocycles. The molecule has 0 aliphatic heterocycles. The Morgan fingerprint density at radius 3 is 2.33 bits per heavy atom. The predicted octanol–water partition coefficient (Wildman–Crippen LogP) is 2.63. The van der Waals surface area contributed by atoms with Crippen molar-refractivity contribution in [3.05, 3.63) is 47.7 Å². The number of carbonyl (C=O) groups excluding carboxylic acids is 1. The van der Waals surface area contributed by atoms with Crippen LogP contribution in [0.1, 0.15) is 19.4 Å². The largest absolute Gasteiger partial charge is 0.466 e. The molecular weight excluding hydrogens is 226 g/mol. The lowest BCUT2D eigenvalue weighted by atomic mass is 10.1. The van der Waals surface area contributed by atoms with Crippen LogP contribution < -0.4 is 0 Å². The summed E-state index contributed by atoms with van der Waals surface area (Å²) in [4.78, 5) is 13.9. The van der Waals surface area contributed by atoms with Gasteiger partial charge in [0.1, 0.15) is 0 Å². The van der Waals surface area contributed by atoms with E-state index in [1.807, 2.05) is 36.5 Å². The van der Waals surface area contributed by atoms with Gasteiger partial charge in [-0.2, -0.15) is 0 Å². The lowest BCUT2D eigenvalue weighted by Gasteiger charge is -2.17. The first-order chi connectivity index (χ1) is 8.71. The molecule has 1 aromatic rings. The second kappa shape index (κ2) is 7.54. The average molecular weight is 247 g/mol. The summed E-state index contributed by atoms with van der Waals surface area (Å²) in [6.07, 6.45) is 2.50. The van der Waals surface area contributed by atoms with E-state index in [9.17, 15) is 4.79 Å². The van der Waals surface area contributed by atoms with Gasteiger partial charge in [0.2, 0.25) is 0 Å². The Kier molecular flexibility index (Phi) is 5.98. The summed E-state index contributed by atoms with van der Waals surface area (Å²) in [6, 6.07) is 9.94. The molecule has 1 rings (SSSR count). The molecule has 98 valence electrons. The van der Waals surface area contributed by atoms with Crippen LogP contribution in [0.15, 0.2) is 42.1 Å². The summed E-state index contributed by atoms with van der Waals surface area (Å²) in [7, 11) is 1.42. The molecule has 0 spiro atoms. The van der Waals surface area contributed by atoms with Crippen LogP contribution >= 0.6 is 0 Å². The van der Waals surface area contributed by atoms with Gasteiger partial charge in [0.25, 0.3) is 0 Å². The zero-order valence-corrected chi connectivity index (χ0v) is 11.3. The number of carbonyl (C=O) groups is 1. The van der Waals surface area contributed by atoms with Crippen LogP contribution in [0.4, 0.5) is 0 Å². The maximum Gasteiger partial charge on any atom is 0.335 e. The summed E-state index contributed by atoms with van der Waals surface area (Å²) in [6.45, 7) is 5.90. The van der Waals surface area contributed by atoms with Gasteiger partial charge in [-0.05, 0) is 19.4 Å². The van der Waals surface area contributed by atoms with Gasteiger partial charge < -0.3 is 9.64 Å². The SMILES string of the molecule is CCN(/C=C(\Cc1ccccc1)C(=O)OC)CC. The quantitative estimate of drug-likeness (QED) is 0.571. The highest BCUT2D eigenvalue weighted by Gasteiger charge is 2.11. The van der Waals surface area contributed by atoms with Crippen molar-refractivity contribution in [2.24, 2.45) is 0 Å². The molecule has 0 saturated heterocycles. The van der Waals surface area contributed by atoms with Crippen LogP contribution in [0, 0.1) is 0 Å². The summed E-state index contributed by atoms with van der Waals surface area (Å²) < 4.78 is 4.84. The molecule has 1 aromatic carbocycles. The third-order valence-electron chi connectivity index (χ3n) is 2.84. The molecule has 0 amide bonds. The molecule has 0 aromatic heterocycles. The highest BCUT2D eigenvalue weighted by atomic mass is 16.5. The van der Waals surface area contributed by atoms with Gasteiger partial charge in [-0.1, -0.05) is 30.3 Å². The van der Waals surface area contributed by atoms with Crippen molar-refractivity contribution >= 4 is 5.97 Å². The van der Waals surface area contributed by atoms with Crippen LogP contribution in [-0.2, 0) is 16.0 Å². The third kappa shape index (κ3) is 4.24. The Balaban J connectivity index is 2.89. The number of nitrogens with zero attached hydrogens (tertiary/aromatic N) is 1. The van der Waals surface area contributed by atoms with Crippen molar-refractivity contribution < 1.29 is 9.53 Å². The molecule has 3 nitrogen and oxygen atoms in total. The molecule has 0 atom stereocenters. The fourth-order valence-corrected chi connectivity index (χ4v) is 1.74. The Labute approximate surface area is 109 Å². The van der Waals surface area contributed by atoms with Gasteiger partial charge in [0.15, 0.2) is 0 Å². The standard InChI is InChI=1S/C15H21NO2/c1-4-16(5-2)12-14(15(17)18-3)11-13-9-7-6-8-10-13/h6-10,12H,4-5,11H2,1-3H3/b14-12+. The normalized spacial score (nSPS) is 11.2. The Morgan fingerprint density at radius 2 is 1.83 bits per heavy atom. The third-order valence-corrected chi connectivity index (χ3v) is 2.84. The molecule has 0 N–H and O–H groups in total. The number of benzene rings is 1. The summed E-state index contributed by atoms with van der Waals surface area (Å²) in [5.74, 6) is -0.259. The molecule has 0 heterocycles. The minimum absolute atomic E-state index is 0.259. The van der Waals surface area contributed by atoms with Gasteiger partial charge in [0.05, 0.1) is 12.7 Å². The van der Waals surface area contributed by atoms with Gasteiger partial charge >= 0.3 is 5.97 Å². The van der Waals surface area contributed by atoms with E-state index in [1.165, 1.54) is 7.11 Å². The van der Waals surface area contributed by atoms with Crippen LogP contribution in [0.25, 0.3) is 0 Å². The smallest absolute Gasteiger partial charge is 0.335 e. The van der Waals surface area contributed by atoms with Crippen molar-refractivity contribution in [3.63, 3.8) is 0 Å². The number of esters is 1. The van der Waals surface area contributed by atoms with E-state index < -0.39 is 0 Å². The van der Waals surface area contributed by atoms with E-state index in [2.05, 4.69) is 18.7 Å². The average Bonchev–Trinajstić information content (AvgIpc) is 2.43. The van der Waals surface area contributed by atoms with E-state index in [0.717, 1.165) is 18.7 Å². The fraction of sp³-hybridized carbons (Fsp3) is 0.400. The van der Waals surface area contributed by atoms with Gasteiger partial charge in [-0.3, -0.25) is 0 Å². The number of ether oxygens (including phenoxy) is 1. The van der Waals surface area contributed by atoms with Gasteiger partial charge in [-0.25, -0.2) is 4.79 Å². The van der Waals surface area contributed by atoms with E-state index in [0.29, 0.717) is 12.0 Å². The van der Waals surface area contributed by atoms with E-state index >= 15 is 0 Å². The fourth-order valence-electron chi connectivity index (χ4n) is 1.74. The monoisotopic (exact) mass is 247 g/mol. The highest BCUT2D eigenvalue weighted by Crippen LogP contribution is 2.10. The van der Waals surface area contributed by atoms with Crippen molar-refractivity contribution in [1.82, 2.24) is 4.90 Å². The minimum atomic E-state index is -0.259. The summed E-state index contributed by atoms with van der Waals surface area (Å²) in [5.41, 5.74) is 1.80. The van der Waals surface area contributed by atoms with Crippen molar-refractivity contribution in [3.8, 4) is 0 Å². The minimum Gasteiger partial charge on any atom is -0.466 e. The summed E-state index contributed by atoms with van der Waals surface area (Å²) in [5, 5.41) is 0. The molecule has 0 aliphatic rings. The number of rotatable bonds is 6. The molecular formula is C15H21NO2. The van der Waals surface area contributed by atoms with Crippen LogP contribution in [0.3, 0.4) is 0 Å². The molecule has 0 fully saturated rings. The zero-order chi connectivity index (χ0) is 13.4. The molecule has 0 saturated carbocycles. The van der Waals surface area contributed by atoms with E-state index in [1.54, 1.807) is 0 Å². The number of hydrogen-bond donors (Lipinski definition) is 0. The Morgan fingerprint density at radius 1 is 1.22 bits per heavy atom. The first kappa shape index (κ1) is 14.3. The number of hydrogen-bond acceptors (Lipinski definition) is 3. The van der Waals surface area contributed by atoms with Crippen molar-refractivity contribution in [2.45, 2.75) is 20.3 Å². The molecule has 0 unspecified atom stereocenters. The second-order valence-electron chi connectivity index (χ2n) is 4.03.